The molecule has 8 heteroatoms. The molecule has 1 atom stereocenters. The van der Waals surface area contributed by atoms with E-state index in [2.05, 4.69) is 10.2 Å². The molecule has 0 saturated carbocycles. The van der Waals surface area contributed by atoms with Crippen molar-refractivity contribution < 1.29 is 23.4 Å². The fourth-order valence-corrected chi connectivity index (χ4v) is 4.02. The van der Waals surface area contributed by atoms with Gasteiger partial charge in [-0.2, -0.15) is 0 Å². The summed E-state index contributed by atoms with van der Waals surface area (Å²) in [5.41, 5.74) is 1.87. The van der Waals surface area contributed by atoms with E-state index < -0.39 is 0 Å². The SMILES string of the molecule is O=C(COc1ccc(-c2nnco2)cc1)N1CCCC1c1ccc2c(c1)OCCCO2. The van der Waals surface area contributed by atoms with Crippen molar-refractivity contribution in [2.75, 3.05) is 26.4 Å². The first-order valence-electron chi connectivity index (χ1n) is 10.5. The lowest BCUT2D eigenvalue weighted by Crippen LogP contribution is -2.34. The zero-order valence-corrected chi connectivity index (χ0v) is 17.0. The van der Waals surface area contributed by atoms with Crippen molar-refractivity contribution in [2.24, 2.45) is 0 Å². The van der Waals surface area contributed by atoms with E-state index in [9.17, 15) is 4.79 Å². The van der Waals surface area contributed by atoms with Crippen LogP contribution < -0.4 is 14.2 Å². The van der Waals surface area contributed by atoms with Crippen LogP contribution in [-0.2, 0) is 4.79 Å². The molecule has 1 unspecified atom stereocenters. The molecule has 1 fully saturated rings. The molecule has 5 rings (SSSR count). The van der Waals surface area contributed by atoms with Gasteiger partial charge in [0.15, 0.2) is 18.1 Å². The Labute approximate surface area is 179 Å². The van der Waals surface area contributed by atoms with Crippen LogP contribution in [0.1, 0.15) is 30.9 Å². The van der Waals surface area contributed by atoms with Gasteiger partial charge in [-0.1, -0.05) is 6.07 Å². The number of fused-ring (bicyclic) bond motifs is 1. The van der Waals surface area contributed by atoms with Gasteiger partial charge < -0.3 is 23.5 Å². The Hall–Kier alpha value is -3.55. The van der Waals surface area contributed by atoms with Gasteiger partial charge >= 0.3 is 0 Å². The van der Waals surface area contributed by atoms with Crippen molar-refractivity contribution in [3.8, 4) is 28.7 Å². The van der Waals surface area contributed by atoms with E-state index in [1.807, 2.05) is 35.2 Å². The maximum absolute atomic E-state index is 12.9. The van der Waals surface area contributed by atoms with Crippen LogP contribution in [0.2, 0.25) is 0 Å². The summed E-state index contributed by atoms with van der Waals surface area (Å²) in [7, 11) is 0. The third-order valence-electron chi connectivity index (χ3n) is 5.55. The van der Waals surface area contributed by atoms with Crippen LogP contribution in [0.4, 0.5) is 0 Å². The van der Waals surface area contributed by atoms with Crippen molar-refractivity contribution in [3.05, 3.63) is 54.4 Å². The average molecular weight is 421 g/mol. The number of hydrogen-bond donors (Lipinski definition) is 0. The predicted molar refractivity (Wildman–Crippen MR) is 111 cm³/mol. The number of likely N-dealkylation sites (tertiary alicyclic amines) is 1. The van der Waals surface area contributed by atoms with Crippen molar-refractivity contribution in [1.82, 2.24) is 15.1 Å². The van der Waals surface area contributed by atoms with E-state index in [1.54, 1.807) is 12.1 Å². The largest absolute Gasteiger partial charge is 0.490 e. The fourth-order valence-electron chi connectivity index (χ4n) is 4.02. The van der Waals surface area contributed by atoms with Crippen LogP contribution in [0.15, 0.2) is 53.3 Å². The molecule has 0 N–H and O–H groups in total. The van der Waals surface area contributed by atoms with E-state index in [0.29, 0.717) is 24.9 Å². The Balaban J connectivity index is 1.23. The highest BCUT2D eigenvalue weighted by molar-refractivity contribution is 5.78. The summed E-state index contributed by atoms with van der Waals surface area (Å²) < 4.78 is 22.5. The van der Waals surface area contributed by atoms with Gasteiger partial charge in [-0.05, 0) is 54.8 Å². The molecular formula is C23H23N3O5. The second-order valence-electron chi connectivity index (χ2n) is 7.56. The Bertz CT molecular complexity index is 1040. The Kier molecular flexibility index (Phi) is 5.43. The topological polar surface area (TPSA) is 86.9 Å². The molecule has 1 amide bonds. The third kappa shape index (κ3) is 4.19. The van der Waals surface area contributed by atoms with Crippen LogP contribution >= 0.6 is 0 Å². The van der Waals surface area contributed by atoms with Crippen molar-refractivity contribution in [2.45, 2.75) is 25.3 Å². The molecule has 2 aliphatic rings. The number of ether oxygens (including phenoxy) is 3. The second kappa shape index (κ2) is 8.67. The van der Waals surface area contributed by atoms with E-state index in [4.69, 9.17) is 18.6 Å². The van der Waals surface area contributed by atoms with Gasteiger partial charge in [0, 0.05) is 18.5 Å². The molecule has 160 valence electrons. The van der Waals surface area contributed by atoms with E-state index in [0.717, 1.165) is 48.4 Å². The summed E-state index contributed by atoms with van der Waals surface area (Å²) in [6.45, 7) is 2.01. The molecule has 0 aliphatic carbocycles. The van der Waals surface area contributed by atoms with Gasteiger partial charge in [0.2, 0.25) is 12.3 Å². The van der Waals surface area contributed by atoms with Crippen LogP contribution in [0.5, 0.6) is 17.2 Å². The van der Waals surface area contributed by atoms with Crippen molar-refractivity contribution in [1.29, 1.82) is 0 Å². The number of rotatable bonds is 5. The Morgan fingerprint density at radius 3 is 2.71 bits per heavy atom. The average Bonchev–Trinajstić information content (AvgIpc) is 3.46. The maximum Gasteiger partial charge on any atom is 0.261 e. The van der Waals surface area contributed by atoms with Crippen molar-refractivity contribution >= 4 is 5.91 Å². The molecule has 0 bridgehead atoms. The highest BCUT2D eigenvalue weighted by Crippen LogP contribution is 2.38. The van der Waals surface area contributed by atoms with Gasteiger partial charge in [0.1, 0.15) is 5.75 Å². The monoisotopic (exact) mass is 421 g/mol. The number of amides is 1. The van der Waals surface area contributed by atoms with E-state index in [1.165, 1.54) is 6.39 Å². The minimum absolute atomic E-state index is 0.0129. The van der Waals surface area contributed by atoms with Crippen LogP contribution in [0, 0.1) is 0 Å². The molecule has 3 heterocycles. The molecule has 0 spiro atoms. The first kappa shape index (κ1) is 19.4. The van der Waals surface area contributed by atoms with E-state index in [-0.39, 0.29) is 18.6 Å². The van der Waals surface area contributed by atoms with Gasteiger partial charge in [-0.15, -0.1) is 10.2 Å². The lowest BCUT2D eigenvalue weighted by atomic mass is 10.0. The quantitative estimate of drug-likeness (QED) is 0.622. The zero-order chi connectivity index (χ0) is 21.0. The number of carbonyl (C=O) groups is 1. The van der Waals surface area contributed by atoms with Crippen LogP contribution in [-0.4, -0.2) is 47.4 Å². The minimum Gasteiger partial charge on any atom is -0.490 e. The Morgan fingerprint density at radius 1 is 1.06 bits per heavy atom. The molecule has 1 saturated heterocycles. The van der Waals surface area contributed by atoms with Gasteiger partial charge in [0.05, 0.1) is 19.3 Å². The van der Waals surface area contributed by atoms with Gasteiger partial charge in [-0.3, -0.25) is 4.79 Å². The molecule has 1 aromatic heterocycles. The molecule has 31 heavy (non-hydrogen) atoms. The lowest BCUT2D eigenvalue weighted by Gasteiger charge is -2.25. The third-order valence-corrected chi connectivity index (χ3v) is 5.55. The predicted octanol–water partition coefficient (Wildman–Crippen LogP) is 3.64. The number of aromatic nitrogens is 2. The number of carbonyl (C=O) groups excluding carboxylic acids is 1. The summed E-state index contributed by atoms with van der Waals surface area (Å²) in [6.07, 6.45) is 4.04. The van der Waals surface area contributed by atoms with Crippen molar-refractivity contribution in [3.63, 3.8) is 0 Å². The molecule has 2 aliphatic heterocycles. The normalized spacial score (nSPS) is 17.9. The highest BCUT2D eigenvalue weighted by atomic mass is 16.5. The van der Waals surface area contributed by atoms with Gasteiger partial charge in [-0.25, -0.2) is 0 Å². The van der Waals surface area contributed by atoms with Crippen LogP contribution in [0.25, 0.3) is 11.5 Å². The van der Waals surface area contributed by atoms with E-state index >= 15 is 0 Å². The molecule has 0 radical (unpaired) electrons. The summed E-state index contributed by atoms with van der Waals surface area (Å²) in [5.74, 6) is 2.55. The Morgan fingerprint density at radius 2 is 1.90 bits per heavy atom. The second-order valence-corrected chi connectivity index (χ2v) is 7.56. The lowest BCUT2D eigenvalue weighted by molar-refractivity contribution is -0.134. The molecule has 2 aromatic carbocycles. The molecule has 8 nitrogen and oxygen atoms in total. The maximum atomic E-state index is 12.9. The summed E-state index contributed by atoms with van der Waals surface area (Å²) >= 11 is 0. The standard InChI is InChI=1S/C23H23N3O5/c27-22(14-30-18-7-4-16(5-8-18)23-25-24-15-31-23)26-10-1-3-19(26)17-6-9-20-21(13-17)29-12-2-11-28-20/h4-9,13,15,19H,1-3,10-12,14H2. The number of benzene rings is 2. The highest BCUT2D eigenvalue weighted by Gasteiger charge is 2.31. The van der Waals surface area contributed by atoms with Crippen LogP contribution in [0.3, 0.4) is 0 Å². The first-order chi connectivity index (χ1) is 15.3. The summed E-state index contributed by atoms with van der Waals surface area (Å²) in [4.78, 5) is 14.8. The summed E-state index contributed by atoms with van der Waals surface area (Å²) in [5, 5.41) is 7.55. The molecule has 3 aromatic rings. The number of nitrogens with zero attached hydrogens (tertiary/aromatic N) is 3. The van der Waals surface area contributed by atoms with Gasteiger partial charge in [0.25, 0.3) is 5.91 Å². The first-order valence-corrected chi connectivity index (χ1v) is 10.5. The smallest absolute Gasteiger partial charge is 0.261 e. The molecular weight excluding hydrogens is 398 g/mol. The minimum atomic E-state index is -0.0319. The summed E-state index contributed by atoms with van der Waals surface area (Å²) in [6, 6.07) is 13.2. The zero-order valence-electron chi connectivity index (χ0n) is 17.0. The number of hydrogen-bond acceptors (Lipinski definition) is 7. The fraction of sp³-hybridized carbons (Fsp3) is 0.348.